The number of carbonyl (C=O) groups is 1. The maximum atomic E-state index is 12.2. The normalized spacial score (nSPS) is 21.6. The summed E-state index contributed by atoms with van der Waals surface area (Å²) < 4.78 is 0. The molecule has 22 heavy (non-hydrogen) atoms. The quantitative estimate of drug-likeness (QED) is 0.342. The van der Waals surface area contributed by atoms with Gasteiger partial charge >= 0.3 is 0 Å². The van der Waals surface area contributed by atoms with Crippen LogP contribution in [0, 0.1) is 5.92 Å². The van der Waals surface area contributed by atoms with E-state index in [1.165, 1.54) is 0 Å². The van der Waals surface area contributed by atoms with Gasteiger partial charge in [0.2, 0.25) is 0 Å². The average molecular weight is 292 g/mol. The van der Waals surface area contributed by atoms with E-state index in [1.54, 1.807) is 54.1 Å². The van der Waals surface area contributed by atoms with Crippen LogP contribution in [-0.2, 0) is 4.79 Å². The minimum absolute atomic E-state index is 0.528. The van der Waals surface area contributed by atoms with Gasteiger partial charge in [0.1, 0.15) is 0 Å². The first-order chi connectivity index (χ1) is 10.6. The van der Waals surface area contributed by atoms with Crippen molar-refractivity contribution >= 4 is 13.2 Å². The standard InChI is InChI=1S/C18H19BNO2/c1-5-9-12-14-15(8-4)19-16(11-7-3)13(10-6-2)17(14)18(21)20-22/h5-12,17,22H,1-4H2,(H,20,21)/b12-9-,13-10+,16-11+. The second-order valence-corrected chi connectivity index (χ2v) is 4.48. The molecule has 1 atom stereocenters. The molecule has 0 spiro atoms. The maximum absolute atomic E-state index is 12.2. The summed E-state index contributed by atoms with van der Waals surface area (Å²) in [5.41, 5.74) is 4.77. The average Bonchev–Trinajstić information content (AvgIpc) is 2.53. The van der Waals surface area contributed by atoms with Crippen LogP contribution in [0.4, 0.5) is 0 Å². The van der Waals surface area contributed by atoms with Gasteiger partial charge in [-0.25, -0.2) is 5.48 Å². The molecule has 1 aliphatic heterocycles. The van der Waals surface area contributed by atoms with Gasteiger partial charge < -0.3 is 0 Å². The Morgan fingerprint density at radius 1 is 1.14 bits per heavy atom. The lowest BCUT2D eigenvalue weighted by Gasteiger charge is -2.29. The molecule has 0 bridgehead atoms. The third-order valence-corrected chi connectivity index (χ3v) is 3.20. The van der Waals surface area contributed by atoms with Gasteiger partial charge in [0.15, 0.2) is 7.28 Å². The molecule has 1 rings (SSSR count). The van der Waals surface area contributed by atoms with E-state index >= 15 is 0 Å². The molecule has 0 aliphatic carbocycles. The van der Waals surface area contributed by atoms with Crippen molar-refractivity contribution in [3.8, 4) is 0 Å². The van der Waals surface area contributed by atoms with Crippen molar-refractivity contribution in [1.82, 2.24) is 5.48 Å². The number of rotatable bonds is 6. The van der Waals surface area contributed by atoms with E-state index in [4.69, 9.17) is 5.21 Å². The predicted octanol–water partition coefficient (Wildman–Crippen LogP) is 3.19. The maximum Gasteiger partial charge on any atom is 0.255 e. The number of nitrogens with one attached hydrogen (secondary N) is 1. The van der Waals surface area contributed by atoms with Crippen LogP contribution in [0.3, 0.4) is 0 Å². The molecule has 0 aromatic heterocycles. The molecular weight excluding hydrogens is 273 g/mol. The molecule has 0 aromatic rings. The molecule has 1 unspecified atom stereocenters. The first-order valence-electron chi connectivity index (χ1n) is 6.74. The van der Waals surface area contributed by atoms with Crippen molar-refractivity contribution in [3.63, 3.8) is 0 Å². The van der Waals surface area contributed by atoms with Gasteiger partial charge in [-0.15, -0.1) is 0 Å². The Kier molecular flexibility index (Phi) is 6.86. The van der Waals surface area contributed by atoms with Crippen molar-refractivity contribution in [2.75, 3.05) is 0 Å². The zero-order valence-corrected chi connectivity index (χ0v) is 12.5. The minimum Gasteiger partial charge on any atom is -0.289 e. The molecule has 2 N–H and O–H groups in total. The monoisotopic (exact) mass is 292 g/mol. The van der Waals surface area contributed by atoms with Gasteiger partial charge in [0.05, 0.1) is 5.92 Å². The molecular formula is C18H19BNO2. The number of hydrogen-bond donors (Lipinski definition) is 2. The molecule has 1 aliphatic rings. The zero-order chi connectivity index (χ0) is 16.5. The lowest BCUT2D eigenvalue weighted by atomic mass is 9.51. The molecule has 1 amide bonds. The van der Waals surface area contributed by atoms with Crippen LogP contribution in [0.25, 0.3) is 0 Å². The third kappa shape index (κ3) is 3.74. The van der Waals surface area contributed by atoms with Gasteiger partial charge in [0.25, 0.3) is 5.91 Å². The van der Waals surface area contributed by atoms with Gasteiger partial charge in [-0.1, -0.05) is 85.9 Å². The Morgan fingerprint density at radius 3 is 2.32 bits per heavy atom. The molecule has 0 saturated carbocycles. The molecule has 0 fully saturated rings. The lowest BCUT2D eigenvalue weighted by Crippen LogP contribution is -2.34. The first kappa shape index (κ1) is 17.5. The smallest absolute Gasteiger partial charge is 0.255 e. The molecule has 0 saturated heterocycles. The van der Waals surface area contributed by atoms with E-state index in [9.17, 15) is 4.79 Å². The van der Waals surface area contributed by atoms with Crippen LogP contribution in [0.5, 0.6) is 0 Å². The Labute approximate surface area is 132 Å². The van der Waals surface area contributed by atoms with Crippen LogP contribution in [-0.4, -0.2) is 18.4 Å². The Bertz CT molecular complexity index is 621. The summed E-state index contributed by atoms with van der Waals surface area (Å²) in [6.07, 6.45) is 13.6. The highest BCUT2D eigenvalue weighted by Crippen LogP contribution is 2.35. The van der Waals surface area contributed by atoms with Crippen LogP contribution in [0.2, 0.25) is 0 Å². The van der Waals surface area contributed by atoms with Gasteiger partial charge in [-0.3, -0.25) is 10.0 Å². The number of amides is 1. The molecule has 1 radical (unpaired) electrons. The Hall–Kier alpha value is -2.59. The van der Waals surface area contributed by atoms with Crippen LogP contribution in [0.1, 0.15) is 0 Å². The van der Waals surface area contributed by atoms with E-state index in [0.717, 1.165) is 22.1 Å². The van der Waals surface area contributed by atoms with Crippen molar-refractivity contribution in [2.45, 2.75) is 0 Å². The predicted molar refractivity (Wildman–Crippen MR) is 92.3 cm³/mol. The topological polar surface area (TPSA) is 49.3 Å². The second-order valence-electron chi connectivity index (χ2n) is 4.48. The van der Waals surface area contributed by atoms with Crippen molar-refractivity contribution in [2.24, 2.45) is 5.92 Å². The van der Waals surface area contributed by atoms with Gasteiger partial charge in [-0.2, -0.15) is 0 Å². The summed E-state index contributed by atoms with van der Waals surface area (Å²) >= 11 is 0. The molecule has 3 nitrogen and oxygen atoms in total. The summed E-state index contributed by atoms with van der Waals surface area (Å²) in [6, 6.07) is 0. The number of hydrogen-bond acceptors (Lipinski definition) is 2. The first-order valence-corrected chi connectivity index (χ1v) is 6.74. The summed E-state index contributed by atoms with van der Waals surface area (Å²) in [4.78, 5) is 12.2. The Balaban J connectivity index is 3.64. The van der Waals surface area contributed by atoms with E-state index in [1.807, 2.05) is 7.28 Å². The van der Waals surface area contributed by atoms with Gasteiger partial charge in [0, 0.05) is 0 Å². The zero-order valence-electron chi connectivity index (χ0n) is 12.5. The van der Waals surface area contributed by atoms with Gasteiger partial charge in [-0.05, 0) is 11.1 Å². The second kappa shape index (κ2) is 8.65. The van der Waals surface area contributed by atoms with E-state index in [0.29, 0.717) is 0 Å². The van der Waals surface area contributed by atoms with E-state index in [2.05, 4.69) is 26.3 Å². The summed E-state index contributed by atoms with van der Waals surface area (Å²) in [5, 5.41) is 9.10. The van der Waals surface area contributed by atoms with Crippen LogP contribution < -0.4 is 5.48 Å². The summed E-state index contributed by atoms with van der Waals surface area (Å²) in [5.74, 6) is -1.21. The van der Waals surface area contributed by atoms with E-state index in [-0.39, 0.29) is 0 Å². The largest absolute Gasteiger partial charge is 0.289 e. The lowest BCUT2D eigenvalue weighted by molar-refractivity contribution is -0.131. The fourth-order valence-electron chi connectivity index (χ4n) is 2.31. The molecule has 4 heteroatoms. The fourth-order valence-corrected chi connectivity index (χ4v) is 2.31. The number of allylic oxidation sites excluding steroid dienone is 10. The SMILES string of the molecule is C=C/C=C\C1=C(C=C)[B]C(=C/C=C)/C(=C\C=C)C1C(=O)NO. The number of carbonyl (C=O) groups excluding carboxylic acids is 1. The third-order valence-electron chi connectivity index (χ3n) is 3.20. The van der Waals surface area contributed by atoms with Crippen molar-refractivity contribution < 1.29 is 10.0 Å². The highest BCUT2D eigenvalue weighted by Gasteiger charge is 2.33. The summed E-state index contributed by atoms with van der Waals surface area (Å²) in [7, 11) is 1.91. The van der Waals surface area contributed by atoms with E-state index < -0.39 is 11.8 Å². The molecule has 111 valence electrons. The Morgan fingerprint density at radius 2 is 1.82 bits per heavy atom. The van der Waals surface area contributed by atoms with Crippen molar-refractivity contribution in [3.05, 3.63) is 97.0 Å². The molecule has 0 aromatic carbocycles. The number of hydroxylamine groups is 1. The van der Waals surface area contributed by atoms with Crippen molar-refractivity contribution in [1.29, 1.82) is 0 Å². The summed E-state index contributed by atoms with van der Waals surface area (Å²) in [6.45, 7) is 14.8. The van der Waals surface area contributed by atoms with Crippen LogP contribution in [0.15, 0.2) is 97.0 Å². The minimum atomic E-state index is -0.677. The molecule has 1 heterocycles. The highest BCUT2D eigenvalue weighted by atomic mass is 16.5. The highest BCUT2D eigenvalue weighted by molar-refractivity contribution is 6.57. The fraction of sp³-hybridized carbons (Fsp3) is 0.0556. The van der Waals surface area contributed by atoms with Crippen LogP contribution >= 0.6 is 0 Å².